The number of nitrogens with zero attached hydrogens (tertiary/aromatic N) is 1. The third-order valence-corrected chi connectivity index (χ3v) is 2.72. The lowest BCUT2D eigenvalue weighted by molar-refractivity contribution is 0.174. The normalized spacial score (nSPS) is 13.3. The molecule has 0 aromatic heterocycles. The van der Waals surface area contributed by atoms with Gasteiger partial charge in [-0.1, -0.05) is 23.8 Å². The number of rotatable bonds is 2. The van der Waals surface area contributed by atoms with Crippen molar-refractivity contribution in [1.82, 2.24) is 0 Å². The first-order valence-electron chi connectivity index (χ1n) is 4.62. The lowest BCUT2D eigenvalue weighted by Gasteiger charge is -2.02. The zero-order chi connectivity index (χ0) is 12.4. The molecular weight excluding hydrogens is 260 g/mol. The number of nitrogens with two attached hydrogens (primary N) is 1. The molecule has 0 atom stereocenters. The van der Waals surface area contributed by atoms with Crippen LogP contribution in [0.2, 0.25) is 5.02 Å². The highest BCUT2D eigenvalue weighted by Gasteiger charge is 2.16. The first-order chi connectivity index (χ1) is 8.11. The molecule has 0 aliphatic carbocycles. The van der Waals surface area contributed by atoms with E-state index in [-0.39, 0.29) is 17.4 Å². The van der Waals surface area contributed by atoms with E-state index in [9.17, 15) is 0 Å². The summed E-state index contributed by atoms with van der Waals surface area (Å²) in [6.07, 6.45) is 1.52. The van der Waals surface area contributed by atoms with Gasteiger partial charge in [-0.2, -0.15) is 5.26 Å². The predicted molar refractivity (Wildman–Crippen MR) is 68.0 cm³/mol. The van der Waals surface area contributed by atoms with Crippen LogP contribution in [0.3, 0.4) is 0 Å². The van der Waals surface area contributed by atoms with Crippen LogP contribution < -0.4 is 15.2 Å². The van der Waals surface area contributed by atoms with Crippen LogP contribution in [0.15, 0.2) is 17.7 Å². The Hall–Kier alpha value is -1.77. The SMILES string of the molecule is N#C/C(=C/c1cc2c(cc1Cl)OCO2)C(N)=S. The van der Waals surface area contributed by atoms with E-state index in [0.717, 1.165) is 0 Å². The molecule has 1 heterocycles. The van der Waals surface area contributed by atoms with Crippen molar-refractivity contribution < 1.29 is 9.47 Å². The largest absolute Gasteiger partial charge is 0.454 e. The molecule has 0 fully saturated rings. The van der Waals surface area contributed by atoms with Crippen LogP contribution in [-0.4, -0.2) is 11.8 Å². The molecule has 2 rings (SSSR count). The van der Waals surface area contributed by atoms with Gasteiger partial charge >= 0.3 is 0 Å². The first-order valence-corrected chi connectivity index (χ1v) is 5.41. The molecule has 1 aliphatic heterocycles. The highest BCUT2D eigenvalue weighted by molar-refractivity contribution is 7.80. The van der Waals surface area contributed by atoms with Gasteiger partial charge in [0.2, 0.25) is 6.79 Å². The molecule has 0 amide bonds. The summed E-state index contributed by atoms with van der Waals surface area (Å²) in [6, 6.07) is 5.22. The Labute approximate surface area is 108 Å². The number of halogens is 1. The zero-order valence-electron chi connectivity index (χ0n) is 8.57. The summed E-state index contributed by atoms with van der Waals surface area (Å²) >= 11 is 10.8. The van der Waals surface area contributed by atoms with Crippen molar-refractivity contribution in [1.29, 1.82) is 5.26 Å². The maximum absolute atomic E-state index is 8.86. The fourth-order valence-electron chi connectivity index (χ4n) is 1.36. The fourth-order valence-corrected chi connectivity index (χ4v) is 1.67. The van der Waals surface area contributed by atoms with E-state index >= 15 is 0 Å². The van der Waals surface area contributed by atoms with Crippen LogP contribution in [0.4, 0.5) is 0 Å². The molecule has 0 saturated heterocycles. The Morgan fingerprint density at radius 3 is 2.71 bits per heavy atom. The van der Waals surface area contributed by atoms with E-state index < -0.39 is 0 Å². The Bertz CT molecular complexity index is 563. The van der Waals surface area contributed by atoms with Gasteiger partial charge in [-0.15, -0.1) is 0 Å². The molecule has 1 aromatic carbocycles. The van der Waals surface area contributed by atoms with Crippen LogP contribution in [-0.2, 0) is 0 Å². The lowest BCUT2D eigenvalue weighted by atomic mass is 10.1. The number of fused-ring (bicyclic) bond motifs is 1. The van der Waals surface area contributed by atoms with Crippen LogP contribution in [0.25, 0.3) is 6.08 Å². The van der Waals surface area contributed by atoms with Gasteiger partial charge in [0.1, 0.15) is 11.1 Å². The van der Waals surface area contributed by atoms with Gasteiger partial charge < -0.3 is 15.2 Å². The summed E-state index contributed by atoms with van der Waals surface area (Å²) in [4.78, 5) is 0.0289. The van der Waals surface area contributed by atoms with E-state index in [1.54, 1.807) is 12.1 Å². The molecule has 86 valence electrons. The molecule has 17 heavy (non-hydrogen) atoms. The smallest absolute Gasteiger partial charge is 0.231 e. The highest BCUT2D eigenvalue weighted by atomic mass is 35.5. The lowest BCUT2D eigenvalue weighted by Crippen LogP contribution is -2.09. The van der Waals surface area contributed by atoms with E-state index in [1.165, 1.54) is 6.08 Å². The molecule has 4 nitrogen and oxygen atoms in total. The topological polar surface area (TPSA) is 68.3 Å². The molecule has 2 N–H and O–H groups in total. The Kier molecular flexibility index (Phi) is 3.18. The number of hydrogen-bond acceptors (Lipinski definition) is 4. The summed E-state index contributed by atoms with van der Waals surface area (Å²) in [5.74, 6) is 1.17. The summed E-state index contributed by atoms with van der Waals surface area (Å²) in [5, 5.41) is 9.30. The van der Waals surface area contributed by atoms with Gasteiger partial charge in [-0.05, 0) is 17.7 Å². The molecule has 0 radical (unpaired) electrons. The van der Waals surface area contributed by atoms with Crippen LogP contribution in [0.1, 0.15) is 5.56 Å². The van der Waals surface area contributed by atoms with Gasteiger partial charge in [0.15, 0.2) is 11.5 Å². The second kappa shape index (κ2) is 4.62. The standard InChI is InChI=1S/C11H7ClN2O2S/c12-8-3-10-9(15-5-16-10)2-6(8)1-7(4-13)11(14)17/h1-3H,5H2,(H2,14,17)/b7-1-. The van der Waals surface area contributed by atoms with Crippen molar-refractivity contribution in [2.45, 2.75) is 0 Å². The number of thiocarbonyl (C=S) groups is 1. The highest BCUT2D eigenvalue weighted by Crippen LogP contribution is 2.37. The predicted octanol–water partition coefficient (Wildman–Crippen LogP) is 2.26. The average molecular weight is 267 g/mol. The van der Waals surface area contributed by atoms with Crippen molar-refractivity contribution in [3.05, 3.63) is 28.3 Å². The van der Waals surface area contributed by atoms with E-state index in [0.29, 0.717) is 22.1 Å². The minimum atomic E-state index is 0.0289. The van der Waals surface area contributed by atoms with E-state index in [1.807, 2.05) is 6.07 Å². The molecule has 6 heteroatoms. The quantitative estimate of drug-likeness (QED) is 0.505. The van der Waals surface area contributed by atoms with Gasteiger partial charge in [0.05, 0.1) is 10.6 Å². The van der Waals surface area contributed by atoms with Crippen LogP contribution in [0.5, 0.6) is 11.5 Å². The fraction of sp³-hybridized carbons (Fsp3) is 0.0909. The molecule has 0 unspecified atom stereocenters. The molecule has 0 bridgehead atoms. The second-order valence-corrected chi connectivity index (χ2v) is 4.11. The number of nitriles is 1. The average Bonchev–Trinajstić information content (AvgIpc) is 2.72. The molecule has 0 saturated carbocycles. The second-order valence-electron chi connectivity index (χ2n) is 3.26. The number of hydrogen-bond donors (Lipinski definition) is 1. The molecule has 1 aromatic rings. The Balaban J connectivity index is 2.47. The van der Waals surface area contributed by atoms with Gasteiger partial charge in [0, 0.05) is 6.07 Å². The third kappa shape index (κ3) is 2.33. The number of ether oxygens (including phenoxy) is 2. The van der Waals surface area contributed by atoms with Crippen molar-refractivity contribution in [3.8, 4) is 17.6 Å². The summed E-state index contributed by atoms with van der Waals surface area (Å²) in [7, 11) is 0. The third-order valence-electron chi connectivity index (χ3n) is 2.18. The minimum absolute atomic E-state index is 0.0289. The van der Waals surface area contributed by atoms with Crippen molar-refractivity contribution in [2.24, 2.45) is 5.73 Å². The summed E-state index contributed by atoms with van der Waals surface area (Å²) < 4.78 is 10.4. The monoisotopic (exact) mass is 266 g/mol. The van der Waals surface area contributed by atoms with Crippen LogP contribution in [0, 0.1) is 11.3 Å². The molecule has 0 spiro atoms. The van der Waals surface area contributed by atoms with E-state index in [4.69, 9.17) is 44.3 Å². The molecular formula is C11H7ClN2O2S. The zero-order valence-corrected chi connectivity index (χ0v) is 10.1. The minimum Gasteiger partial charge on any atom is -0.454 e. The maximum Gasteiger partial charge on any atom is 0.231 e. The van der Waals surface area contributed by atoms with Crippen molar-refractivity contribution >= 4 is 34.9 Å². The Morgan fingerprint density at radius 1 is 1.47 bits per heavy atom. The van der Waals surface area contributed by atoms with E-state index in [2.05, 4.69) is 0 Å². The van der Waals surface area contributed by atoms with Crippen molar-refractivity contribution in [2.75, 3.05) is 6.79 Å². The summed E-state index contributed by atoms with van der Waals surface area (Å²) in [6.45, 7) is 0.166. The van der Waals surface area contributed by atoms with Gasteiger partial charge in [0.25, 0.3) is 0 Å². The Morgan fingerprint density at radius 2 is 2.12 bits per heavy atom. The van der Waals surface area contributed by atoms with Gasteiger partial charge in [-0.3, -0.25) is 0 Å². The van der Waals surface area contributed by atoms with Gasteiger partial charge in [-0.25, -0.2) is 0 Å². The van der Waals surface area contributed by atoms with Crippen LogP contribution >= 0.6 is 23.8 Å². The molecule has 1 aliphatic rings. The number of benzene rings is 1. The maximum atomic E-state index is 8.86. The summed E-state index contributed by atoms with van der Waals surface area (Å²) in [5.41, 5.74) is 6.21. The first kappa shape index (κ1) is 11.7. The van der Waals surface area contributed by atoms with Crippen molar-refractivity contribution in [3.63, 3.8) is 0 Å².